The number of hydrogen-bond acceptors (Lipinski definition) is 4. The molecule has 0 bridgehead atoms. The number of para-hydroxylation sites is 1. The van der Waals surface area contributed by atoms with E-state index in [2.05, 4.69) is 19.9 Å². The zero-order valence-corrected chi connectivity index (χ0v) is 8.38. The highest BCUT2D eigenvalue weighted by atomic mass is 15.1. The number of aromatic amines is 1. The van der Waals surface area contributed by atoms with Crippen molar-refractivity contribution in [3.05, 3.63) is 36.8 Å². The molecule has 0 saturated heterocycles. The number of H-pyrrole nitrogens is 1. The largest absolute Gasteiger partial charge is 0.368 e. The van der Waals surface area contributed by atoms with E-state index >= 15 is 0 Å². The normalized spacial score (nSPS) is 10.8. The predicted octanol–water partition coefficient (Wildman–Crippen LogP) is 1.60. The van der Waals surface area contributed by atoms with Gasteiger partial charge in [-0.1, -0.05) is 18.2 Å². The third-order valence-electron chi connectivity index (χ3n) is 2.42. The van der Waals surface area contributed by atoms with Crippen molar-refractivity contribution in [3.63, 3.8) is 0 Å². The molecule has 16 heavy (non-hydrogen) atoms. The second kappa shape index (κ2) is 3.30. The fourth-order valence-corrected chi connectivity index (χ4v) is 1.70. The van der Waals surface area contributed by atoms with Crippen LogP contribution in [0.15, 0.2) is 36.8 Å². The summed E-state index contributed by atoms with van der Waals surface area (Å²) in [7, 11) is 0. The Bertz CT molecular complexity index is 643. The van der Waals surface area contributed by atoms with Crippen LogP contribution in [-0.2, 0) is 0 Å². The summed E-state index contributed by atoms with van der Waals surface area (Å²) in [5, 5.41) is 1.08. The van der Waals surface area contributed by atoms with Crippen LogP contribution in [0.25, 0.3) is 22.3 Å². The van der Waals surface area contributed by atoms with E-state index in [4.69, 9.17) is 5.73 Å². The zero-order valence-electron chi connectivity index (χ0n) is 8.38. The van der Waals surface area contributed by atoms with E-state index in [-0.39, 0.29) is 5.95 Å². The predicted molar refractivity (Wildman–Crippen MR) is 61.5 cm³/mol. The van der Waals surface area contributed by atoms with Crippen molar-refractivity contribution in [3.8, 4) is 11.4 Å². The van der Waals surface area contributed by atoms with Gasteiger partial charge in [0.15, 0.2) is 5.82 Å². The van der Waals surface area contributed by atoms with Crippen LogP contribution in [0.1, 0.15) is 0 Å². The maximum absolute atomic E-state index is 5.54. The maximum Gasteiger partial charge on any atom is 0.223 e. The first-order chi connectivity index (χ1) is 7.84. The Morgan fingerprint density at radius 1 is 1.12 bits per heavy atom. The molecule has 2 heterocycles. The van der Waals surface area contributed by atoms with E-state index < -0.39 is 0 Å². The van der Waals surface area contributed by atoms with E-state index in [9.17, 15) is 0 Å². The van der Waals surface area contributed by atoms with Crippen LogP contribution < -0.4 is 5.73 Å². The van der Waals surface area contributed by atoms with Crippen LogP contribution in [-0.4, -0.2) is 19.9 Å². The number of rotatable bonds is 1. The molecule has 5 nitrogen and oxygen atoms in total. The van der Waals surface area contributed by atoms with Gasteiger partial charge in [-0.05, 0) is 6.07 Å². The number of nitrogens with two attached hydrogens (primary N) is 1. The zero-order chi connectivity index (χ0) is 11.0. The summed E-state index contributed by atoms with van der Waals surface area (Å²) < 4.78 is 0. The molecule has 0 amide bonds. The lowest BCUT2D eigenvalue weighted by atomic mass is 10.2. The highest BCUT2D eigenvalue weighted by Gasteiger charge is 2.08. The van der Waals surface area contributed by atoms with E-state index in [0.29, 0.717) is 5.82 Å². The lowest BCUT2D eigenvalue weighted by molar-refractivity contribution is 1.07. The number of fused-ring (bicyclic) bond motifs is 1. The van der Waals surface area contributed by atoms with Gasteiger partial charge in [-0.3, -0.25) is 0 Å². The molecule has 3 rings (SSSR count). The standard InChI is InChI=1S/C11H9N5/c12-11-15-6-14-10(16-11)8-5-13-9-4-2-1-3-7(8)9/h1-6,13H,(H2,12,14,15,16). The van der Waals surface area contributed by atoms with Gasteiger partial charge >= 0.3 is 0 Å². The molecule has 3 N–H and O–H groups in total. The second-order valence-electron chi connectivity index (χ2n) is 3.42. The average molecular weight is 211 g/mol. The van der Waals surface area contributed by atoms with Crippen LogP contribution in [0.2, 0.25) is 0 Å². The van der Waals surface area contributed by atoms with Crippen molar-refractivity contribution >= 4 is 16.9 Å². The van der Waals surface area contributed by atoms with Crippen molar-refractivity contribution in [2.75, 3.05) is 5.73 Å². The van der Waals surface area contributed by atoms with Crippen molar-refractivity contribution in [2.45, 2.75) is 0 Å². The molecule has 1 aromatic carbocycles. The molecule has 0 saturated carbocycles. The van der Waals surface area contributed by atoms with Gasteiger partial charge in [0, 0.05) is 22.7 Å². The molecular weight excluding hydrogens is 202 g/mol. The van der Waals surface area contributed by atoms with E-state index in [1.807, 2.05) is 30.5 Å². The van der Waals surface area contributed by atoms with E-state index in [1.54, 1.807) is 0 Å². The Morgan fingerprint density at radius 3 is 2.88 bits per heavy atom. The molecule has 3 aromatic rings. The third-order valence-corrected chi connectivity index (χ3v) is 2.42. The SMILES string of the molecule is Nc1ncnc(-c2c[nH]c3ccccc23)n1. The highest BCUT2D eigenvalue weighted by molar-refractivity contribution is 5.93. The topological polar surface area (TPSA) is 80.5 Å². The summed E-state index contributed by atoms with van der Waals surface area (Å²) in [6.07, 6.45) is 3.29. The first-order valence-electron chi connectivity index (χ1n) is 4.85. The molecule has 0 radical (unpaired) electrons. The minimum atomic E-state index is 0.232. The Labute approximate surface area is 91.4 Å². The Morgan fingerprint density at radius 2 is 2.00 bits per heavy atom. The number of anilines is 1. The van der Waals surface area contributed by atoms with E-state index in [0.717, 1.165) is 16.5 Å². The smallest absolute Gasteiger partial charge is 0.223 e. The van der Waals surface area contributed by atoms with E-state index in [1.165, 1.54) is 6.33 Å². The van der Waals surface area contributed by atoms with Gasteiger partial charge in [0.1, 0.15) is 6.33 Å². The lowest BCUT2D eigenvalue weighted by Gasteiger charge is -1.97. The van der Waals surface area contributed by atoms with Crippen LogP contribution >= 0.6 is 0 Å². The second-order valence-corrected chi connectivity index (χ2v) is 3.42. The number of hydrogen-bond donors (Lipinski definition) is 2. The van der Waals surface area contributed by atoms with Crippen molar-refractivity contribution in [2.24, 2.45) is 0 Å². The monoisotopic (exact) mass is 211 g/mol. The molecule has 0 atom stereocenters. The van der Waals surface area contributed by atoms with Crippen LogP contribution in [0.4, 0.5) is 5.95 Å². The Balaban J connectivity index is 2.26. The average Bonchev–Trinajstić information content (AvgIpc) is 2.72. The van der Waals surface area contributed by atoms with Gasteiger partial charge in [-0.25, -0.2) is 9.97 Å². The molecule has 78 valence electrons. The number of nitrogens with zero attached hydrogens (tertiary/aromatic N) is 3. The molecule has 0 aliphatic carbocycles. The lowest BCUT2D eigenvalue weighted by Crippen LogP contribution is -1.97. The third kappa shape index (κ3) is 1.30. The van der Waals surface area contributed by atoms with Crippen LogP contribution in [0.3, 0.4) is 0 Å². The summed E-state index contributed by atoms with van der Waals surface area (Å²) >= 11 is 0. The number of nitrogen functional groups attached to an aromatic ring is 1. The summed E-state index contributed by atoms with van der Waals surface area (Å²) in [4.78, 5) is 15.2. The fraction of sp³-hybridized carbons (Fsp3) is 0. The molecule has 0 spiro atoms. The Hall–Kier alpha value is -2.43. The molecule has 0 unspecified atom stereocenters. The number of benzene rings is 1. The summed E-state index contributed by atoms with van der Waals surface area (Å²) in [6, 6.07) is 7.97. The summed E-state index contributed by atoms with van der Waals surface area (Å²) in [5.74, 6) is 0.820. The van der Waals surface area contributed by atoms with Gasteiger partial charge in [-0.2, -0.15) is 4.98 Å². The number of nitrogens with one attached hydrogen (secondary N) is 1. The molecule has 2 aromatic heterocycles. The van der Waals surface area contributed by atoms with Crippen LogP contribution in [0, 0.1) is 0 Å². The Kier molecular flexibility index (Phi) is 1.83. The first-order valence-corrected chi connectivity index (χ1v) is 4.85. The molecular formula is C11H9N5. The van der Waals surface area contributed by atoms with Crippen LogP contribution in [0.5, 0.6) is 0 Å². The quantitative estimate of drug-likeness (QED) is 0.640. The van der Waals surface area contributed by atoms with Gasteiger partial charge in [0.05, 0.1) is 0 Å². The van der Waals surface area contributed by atoms with Crippen molar-refractivity contribution < 1.29 is 0 Å². The van der Waals surface area contributed by atoms with Gasteiger partial charge in [0.25, 0.3) is 0 Å². The fourth-order valence-electron chi connectivity index (χ4n) is 1.70. The van der Waals surface area contributed by atoms with Gasteiger partial charge in [0.2, 0.25) is 5.95 Å². The summed E-state index contributed by atoms with van der Waals surface area (Å²) in [6.45, 7) is 0. The van der Waals surface area contributed by atoms with Gasteiger partial charge in [-0.15, -0.1) is 0 Å². The molecule has 5 heteroatoms. The van der Waals surface area contributed by atoms with Crippen molar-refractivity contribution in [1.29, 1.82) is 0 Å². The number of aromatic nitrogens is 4. The summed E-state index contributed by atoms with van der Waals surface area (Å²) in [5.41, 5.74) is 7.52. The molecule has 0 aliphatic rings. The minimum Gasteiger partial charge on any atom is -0.368 e. The van der Waals surface area contributed by atoms with Gasteiger partial charge < -0.3 is 10.7 Å². The maximum atomic E-state index is 5.54. The molecule has 0 aliphatic heterocycles. The van der Waals surface area contributed by atoms with Crippen molar-refractivity contribution in [1.82, 2.24) is 19.9 Å². The first kappa shape index (κ1) is 8.84. The molecule has 0 fully saturated rings. The minimum absolute atomic E-state index is 0.232. The highest BCUT2D eigenvalue weighted by Crippen LogP contribution is 2.25.